The molecular weight excluding hydrogens is 238 g/mol. The molecule has 1 atom stereocenters. The predicted molar refractivity (Wildman–Crippen MR) is 75.7 cm³/mol. The van der Waals surface area contributed by atoms with Crippen LogP contribution in [-0.2, 0) is 16.0 Å². The number of hydrogen-bond donors (Lipinski definition) is 1. The summed E-state index contributed by atoms with van der Waals surface area (Å²) in [5.41, 5.74) is 7.96. The lowest BCUT2D eigenvalue weighted by molar-refractivity contribution is -0.150. The summed E-state index contributed by atoms with van der Waals surface area (Å²) in [4.78, 5) is 11.8. The molecule has 2 rings (SSSR count). The van der Waals surface area contributed by atoms with Crippen molar-refractivity contribution in [2.45, 2.75) is 51.0 Å². The van der Waals surface area contributed by atoms with E-state index in [4.69, 9.17) is 10.5 Å². The van der Waals surface area contributed by atoms with Crippen molar-refractivity contribution in [2.75, 3.05) is 6.54 Å². The van der Waals surface area contributed by atoms with Crippen molar-refractivity contribution >= 4 is 5.97 Å². The number of nitrogens with two attached hydrogens (primary N) is 1. The fraction of sp³-hybridized carbons (Fsp3) is 0.562. The minimum absolute atomic E-state index is 0.0352. The molecule has 0 saturated carbocycles. The highest BCUT2D eigenvalue weighted by atomic mass is 16.5. The summed E-state index contributed by atoms with van der Waals surface area (Å²) >= 11 is 0. The third-order valence-electron chi connectivity index (χ3n) is 3.67. The van der Waals surface area contributed by atoms with Crippen LogP contribution in [0.5, 0.6) is 0 Å². The zero-order chi connectivity index (χ0) is 13.5. The van der Waals surface area contributed by atoms with E-state index in [-0.39, 0.29) is 12.1 Å². The first kappa shape index (κ1) is 14.1. The van der Waals surface area contributed by atoms with Crippen LogP contribution in [0.25, 0.3) is 0 Å². The summed E-state index contributed by atoms with van der Waals surface area (Å²) in [6, 6.07) is 8.29. The number of ether oxygens (including phenoxy) is 1. The first-order valence-corrected chi connectivity index (χ1v) is 7.28. The van der Waals surface area contributed by atoms with Crippen molar-refractivity contribution in [1.82, 2.24) is 0 Å². The van der Waals surface area contributed by atoms with Gasteiger partial charge in [-0.05, 0) is 49.8 Å². The monoisotopic (exact) mass is 261 g/mol. The van der Waals surface area contributed by atoms with Crippen molar-refractivity contribution < 1.29 is 9.53 Å². The van der Waals surface area contributed by atoms with E-state index in [1.807, 2.05) is 6.07 Å². The molecule has 0 fully saturated rings. The first-order chi connectivity index (χ1) is 9.31. The second kappa shape index (κ2) is 7.29. The Bertz CT molecular complexity index is 417. The van der Waals surface area contributed by atoms with Gasteiger partial charge in [0.2, 0.25) is 0 Å². The molecule has 104 valence electrons. The maximum absolute atomic E-state index is 11.8. The maximum Gasteiger partial charge on any atom is 0.306 e. The zero-order valence-corrected chi connectivity index (χ0v) is 11.4. The molecule has 3 heteroatoms. The normalized spacial score (nSPS) is 17.8. The van der Waals surface area contributed by atoms with Crippen LogP contribution in [0.2, 0.25) is 0 Å². The maximum atomic E-state index is 11.8. The molecule has 19 heavy (non-hydrogen) atoms. The van der Waals surface area contributed by atoms with Gasteiger partial charge in [0, 0.05) is 6.42 Å². The summed E-state index contributed by atoms with van der Waals surface area (Å²) in [5.74, 6) is -0.0706. The van der Waals surface area contributed by atoms with Crippen LogP contribution in [0.4, 0.5) is 0 Å². The number of unbranched alkanes of at least 4 members (excludes halogenated alkanes) is 2. The lowest BCUT2D eigenvalue weighted by Crippen LogP contribution is -2.16. The van der Waals surface area contributed by atoms with Gasteiger partial charge in [0.25, 0.3) is 0 Å². The minimum Gasteiger partial charge on any atom is -0.457 e. The SMILES string of the molecule is NCCCCCC(=O)OC1CCCc2ccccc21. The molecule has 1 unspecified atom stereocenters. The molecule has 3 nitrogen and oxygen atoms in total. The van der Waals surface area contributed by atoms with E-state index >= 15 is 0 Å². The standard InChI is InChI=1S/C16H23NO2/c17-12-5-1-2-11-16(18)19-15-10-6-8-13-7-3-4-9-14(13)15/h3-4,7,9,15H,1-2,5-6,8,10-12,17H2. The Kier molecular flexibility index (Phi) is 5.40. The van der Waals surface area contributed by atoms with Gasteiger partial charge in [0.15, 0.2) is 0 Å². The van der Waals surface area contributed by atoms with E-state index in [1.54, 1.807) is 0 Å². The van der Waals surface area contributed by atoms with Gasteiger partial charge >= 0.3 is 5.97 Å². The predicted octanol–water partition coefficient (Wildman–Crippen LogP) is 3.13. The largest absolute Gasteiger partial charge is 0.457 e. The van der Waals surface area contributed by atoms with E-state index in [9.17, 15) is 4.79 Å². The Balaban J connectivity index is 1.85. The van der Waals surface area contributed by atoms with Crippen molar-refractivity contribution in [3.63, 3.8) is 0 Å². The minimum atomic E-state index is -0.0706. The lowest BCUT2D eigenvalue weighted by Gasteiger charge is -2.25. The highest BCUT2D eigenvalue weighted by Gasteiger charge is 2.22. The number of hydrogen-bond acceptors (Lipinski definition) is 3. The van der Waals surface area contributed by atoms with Gasteiger partial charge in [0.1, 0.15) is 6.10 Å². The Morgan fingerprint density at radius 2 is 2.11 bits per heavy atom. The fourth-order valence-corrected chi connectivity index (χ4v) is 2.64. The van der Waals surface area contributed by atoms with Crippen LogP contribution < -0.4 is 5.73 Å². The lowest BCUT2D eigenvalue weighted by atomic mass is 9.89. The summed E-state index contributed by atoms with van der Waals surface area (Å²) in [5, 5.41) is 0. The molecular formula is C16H23NO2. The van der Waals surface area contributed by atoms with E-state index < -0.39 is 0 Å². The number of benzene rings is 1. The van der Waals surface area contributed by atoms with E-state index in [1.165, 1.54) is 11.1 Å². The van der Waals surface area contributed by atoms with Crippen molar-refractivity contribution in [3.8, 4) is 0 Å². The first-order valence-electron chi connectivity index (χ1n) is 7.28. The Morgan fingerprint density at radius 3 is 2.95 bits per heavy atom. The van der Waals surface area contributed by atoms with E-state index in [0.717, 1.165) is 38.5 Å². The number of carbonyl (C=O) groups excluding carboxylic acids is 1. The van der Waals surface area contributed by atoms with Crippen LogP contribution in [0.1, 0.15) is 55.8 Å². The van der Waals surface area contributed by atoms with Crippen LogP contribution in [0.3, 0.4) is 0 Å². The topological polar surface area (TPSA) is 52.3 Å². The molecule has 1 aliphatic carbocycles. The highest BCUT2D eigenvalue weighted by Crippen LogP contribution is 2.32. The highest BCUT2D eigenvalue weighted by molar-refractivity contribution is 5.69. The quantitative estimate of drug-likeness (QED) is 0.632. The van der Waals surface area contributed by atoms with Crippen molar-refractivity contribution in [2.24, 2.45) is 5.73 Å². The number of carbonyl (C=O) groups is 1. The van der Waals surface area contributed by atoms with Crippen LogP contribution in [-0.4, -0.2) is 12.5 Å². The third-order valence-corrected chi connectivity index (χ3v) is 3.67. The zero-order valence-electron chi connectivity index (χ0n) is 11.4. The van der Waals surface area contributed by atoms with Gasteiger partial charge in [-0.15, -0.1) is 0 Å². The summed E-state index contributed by atoms with van der Waals surface area (Å²) < 4.78 is 5.63. The van der Waals surface area contributed by atoms with Crippen LogP contribution in [0, 0.1) is 0 Å². The van der Waals surface area contributed by atoms with Gasteiger partial charge in [0.05, 0.1) is 0 Å². The molecule has 0 saturated heterocycles. The molecule has 1 aliphatic rings. The molecule has 1 aromatic rings. The van der Waals surface area contributed by atoms with Crippen molar-refractivity contribution in [3.05, 3.63) is 35.4 Å². The molecule has 1 aromatic carbocycles. The molecule has 0 spiro atoms. The fourth-order valence-electron chi connectivity index (χ4n) is 2.64. The van der Waals surface area contributed by atoms with E-state index in [0.29, 0.717) is 13.0 Å². The summed E-state index contributed by atoms with van der Waals surface area (Å²) in [6.07, 6.45) is 6.50. The second-order valence-electron chi connectivity index (χ2n) is 5.17. The van der Waals surface area contributed by atoms with Gasteiger partial charge in [-0.1, -0.05) is 30.7 Å². The number of aryl methyl sites for hydroxylation is 1. The van der Waals surface area contributed by atoms with Gasteiger partial charge in [-0.3, -0.25) is 4.79 Å². The molecule has 0 aromatic heterocycles. The number of fused-ring (bicyclic) bond motifs is 1. The Labute approximate surface area is 115 Å². The van der Waals surface area contributed by atoms with Gasteiger partial charge < -0.3 is 10.5 Å². The second-order valence-corrected chi connectivity index (χ2v) is 5.17. The average Bonchev–Trinajstić information content (AvgIpc) is 2.44. The summed E-state index contributed by atoms with van der Waals surface area (Å²) in [6.45, 7) is 0.699. The Hall–Kier alpha value is -1.35. The molecule has 0 amide bonds. The summed E-state index contributed by atoms with van der Waals surface area (Å²) in [7, 11) is 0. The molecule has 0 heterocycles. The smallest absolute Gasteiger partial charge is 0.306 e. The average molecular weight is 261 g/mol. The van der Waals surface area contributed by atoms with Gasteiger partial charge in [-0.2, -0.15) is 0 Å². The third kappa shape index (κ3) is 4.06. The number of rotatable bonds is 6. The molecule has 0 radical (unpaired) electrons. The van der Waals surface area contributed by atoms with Gasteiger partial charge in [-0.25, -0.2) is 0 Å². The number of esters is 1. The molecule has 2 N–H and O–H groups in total. The molecule has 0 bridgehead atoms. The van der Waals surface area contributed by atoms with E-state index in [2.05, 4.69) is 18.2 Å². The van der Waals surface area contributed by atoms with Crippen LogP contribution >= 0.6 is 0 Å². The van der Waals surface area contributed by atoms with Crippen molar-refractivity contribution in [1.29, 1.82) is 0 Å². The Morgan fingerprint density at radius 1 is 1.26 bits per heavy atom. The van der Waals surface area contributed by atoms with Crippen LogP contribution in [0.15, 0.2) is 24.3 Å². The molecule has 0 aliphatic heterocycles.